The lowest BCUT2D eigenvalue weighted by Gasteiger charge is -2.12. The molecule has 0 unspecified atom stereocenters. The van der Waals surface area contributed by atoms with E-state index in [0.717, 1.165) is 5.82 Å². The Morgan fingerprint density at radius 1 is 1.45 bits per heavy atom. The van der Waals surface area contributed by atoms with Crippen molar-refractivity contribution in [1.82, 2.24) is 30.0 Å². The molecule has 0 aliphatic carbocycles. The van der Waals surface area contributed by atoms with Gasteiger partial charge < -0.3 is 9.88 Å². The number of aromatic nitrogens is 5. The highest BCUT2D eigenvalue weighted by molar-refractivity contribution is 5.90. The Balaban J connectivity index is 1.89. The molecular weight excluding hydrogens is 256 g/mol. The van der Waals surface area contributed by atoms with Crippen LogP contribution < -0.4 is 5.32 Å². The Kier molecular flexibility index (Phi) is 3.87. The molecule has 2 heterocycles. The monoisotopic (exact) mass is 276 g/mol. The topological polar surface area (TPSA) is 88.5 Å². The van der Waals surface area contributed by atoms with Crippen LogP contribution in [0.3, 0.4) is 0 Å². The number of H-pyrrole nitrogens is 1. The first-order valence-electron chi connectivity index (χ1n) is 6.55. The third kappa shape index (κ3) is 3.23. The minimum Gasteiger partial charge on any atom is -0.349 e. The van der Waals surface area contributed by atoms with E-state index in [4.69, 9.17) is 0 Å². The molecular formula is C13H20N6O. The number of imidazole rings is 1. The molecule has 0 aliphatic heterocycles. The number of amides is 1. The van der Waals surface area contributed by atoms with Crippen molar-refractivity contribution < 1.29 is 4.79 Å². The zero-order valence-corrected chi connectivity index (χ0v) is 12.3. The third-order valence-corrected chi connectivity index (χ3v) is 2.95. The van der Waals surface area contributed by atoms with Gasteiger partial charge >= 0.3 is 0 Å². The van der Waals surface area contributed by atoms with Gasteiger partial charge in [-0.1, -0.05) is 20.8 Å². The van der Waals surface area contributed by atoms with Gasteiger partial charge in [0.25, 0.3) is 5.91 Å². The highest BCUT2D eigenvalue weighted by Gasteiger charge is 2.21. The summed E-state index contributed by atoms with van der Waals surface area (Å²) < 4.78 is 1.93. The van der Waals surface area contributed by atoms with Gasteiger partial charge in [0.15, 0.2) is 0 Å². The van der Waals surface area contributed by atoms with E-state index in [1.165, 1.54) is 0 Å². The van der Waals surface area contributed by atoms with Crippen molar-refractivity contribution in [3.63, 3.8) is 0 Å². The molecule has 0 spiro atoms. The maximum Gasteiger partial charge on any atom is 0.290 e. The predicted octanol–water partition coefficient (Wildman–Crippen LogP) is 0.808. The second-order valence-electron chi connectivity index (χ2n) is 5.72. The van der Waals surface area contributed by atoms with Crippen LogP contribution in [0.1, 0.15) is 43.0 Å². The van der Waals surface area contributed by atoms with Crippen molar-refractivity contribution in [3.8, 4) is 0 Å². The maximum atomic E-state index is 11.9. The van der Waals surface area contributed by atoms with Crippen LogP contribution >= 0.6 is 0 Å². The van der Waals surface area contributed by atoms with E-state index in [-0.39, 0.29) is 17.1 Å². The number of hydrogen-bond acceptors (Lipinski definition) is 4. The Morgan fingerprint density at radius 2 is 2.20 bits per heavy atom. The van der Waals surface area contributed by atoms with E-state index >= 15 is 0 Å². The van der Waals surface area contributed by atoms with Gasteiger partial charge in [-0.2, -0.15) is 0 Å². The fraction of sp³-hybridized carbons (Fsp3) is 0.538. The highest BCUT2D eigenvalue weighted by Crippen LogP contribution is 2.17. The lowest BCUT2D eigenvalue weighted by atomic mass is 9.96. The van der Waals surface area contributed by atoms with Crippen molar-refractivity contribution in [1.29, 1.82) is 0 Å². The van der Waals surface area contributed by atoms with Crippen LogP contribution in [-0.2, 0) is 18.9 Å². The molecule has 2 N–H and O–H groups in total. The van der Waals surface area contributed by atoms with E-state index < -0.39 is 0 Å². The average Bonchev–Trinajstić information content (AvgIpc) is 2.98. The summed E-state index contributed by atoms with van der Waals surface area (Å²) in [7, 11) is 1.93. The SMILES string of the molecule is Cn1ccnc1CCNC(=O)c1n[nH]c(C(C)(C)C)n1. The molecule has 0 fully saturated rings. The van der Waals surface area contributed by atoms with Gasteiger partial charge in [-0.05, 0) is 0 Å². The van der Waals surface area contributed by atoms with Crippen LogP contribution in [-0.4, -0.2) is 37.2 Å². The molecule has 2 rings (SSSR count). The third-order valence-electron chi connectivity index (χ3n) is 2.95. The van der Waals surface area contributed by atoms with Gasteiger partial charge in [-0.25, -0.2) is 9.97 Å². The van der Waals surface area contributed by atoms with Gasteiger partial charge in [0.05, 0.1) is 0 Å². The van der Waals surface area contributed by atoms with Crippen LogP contribution in [0.4, 0.5) is 0 Å². The van der Waals surface area contributed by atoms with Crippen LogP contribution in [0, 0.1) is 0 Å². The Hall–Kier alpha value is -2.18. The number of aromatic amines is 1. The normalized spacial score (nSPS) is 11.6. The molecule has 1 amide bonds. The molecule has 7 nitrogen and oxygen atoms in total. The van der Waals surface area contributed by atoms with E-state index in [9.17, 15) is 4.79 Å². The largest absolute Gasteiger partial charge is 0.349 e. The maximum absolute atomic E-state index is 11.9. The number of carbonyl (C=O) groups is 1. The fourth-order valence-corrected chi connectivity index (χ4v) is 1.70. The van der Waals surface area contributed by atoms with Gasteiger partial charge in [0, 0.05) is 37.8 Å². The van der Waals surface area contributed by atoms with E-state index in [1.807, 2.05) is 38.6 Å². The molecule has 20 heavy (non-hydrogen) atoms. The molecule has 0 aromatic carbocycles. The average molecular weight is 276 g/mol. The zero-order chi connectivity index (χ0) is 14.8. The molecule has 2 aromatic rings. The van der Waals surface area contributed by atoms with Crippen molar-refractivity contribution in [2.75, 3.05) is 6.54 Å². The second-order valence-corrected chi connectivity index (χ2v) is 5.72. The molecule has 0 saturated carbocycles. The molecule has 0 bridgehead atoms. The standard InChI is InChI=1S/C13H20N6O/c1-13(2,3)12-16-10(17-18-12)11(20)15-6-5-9-14-7-8-19(9)4/h7-8H,5-6H2,1-4H3,(H,15,20)(H,16,17,18). The Morgan fingerprint density at radius 3 is 2.75 bits per heavy atom. The molecule has 0 radical (unpaired) electrons. The first-order chi connectivity index (χ1) is 9.38. The molecule has 2 aromatic heterocycles. The van der Waals surface area contributed by atoms with Gasteiger partial charge in [-0.3, -0.25) is 9.89 Å². The predicted molar refractivity (Wildman–Crippen MR) is 74.3 cm³/mol. The summed E-state index contributed by atoms with van der Waals surface area (Å²) in [6, 6.07) is 0. The van der Waals surface area contributed by atoms with Crippen LogP contribution in [0.15, 0.2) is 12.4 Å². The fourth-order valence-electron chi connectivity index (χ4n) is 1.70. The summed E-state index contributed by atoms with van der Waals surface area (Å²) in [6.07, 6.45) is 4.29. The zero-order valence-electron chi connectivity index (χ0n) is 12.3. The number of hydrogen-bond donors (Lipinski definition) is 2. The number of nitrogens with one attached hydrogen (secondary N) is 2. The van der Waals surface area contributed by atoms with Crippen LogP contribution in [0.5, 0.6) is 0 Å². The van der Waals surface area contributed by atoms with Gasteiger partial charge in [0.2, 0.25) is 5.82 Å². The second kappa shape index (κ2) is 5.44. The quantitative estimate of drug-likeness (QED) is 0.865. The summed E-state index contributed by atoms with van der Waals surface area (Å²) >= 11 is 0. The number of aryl methyl sites for hydroxylation is 1. The number of carbonyl (C=O) groups excluding carboxylic acids is 1. The Labute approximate surface area is 117 Å². The lowest BCUT2D eigenvalue weighted by molar-refractivity contribution is 0.0944. The number of nitrogens with zero attached hydrogens (tertiary/aromatic N) is 4. The molecule has 7 heteroatoms. The summed E-state index contributed by atoms with van der Waals surface area (Å²) in [4.78, 5) is 20.3. The van der Waals surface area contributed by atoms with Crippen molar-refractivity contribution in [2.24, 2.45) is 7.05 Å². The molecule has 108 valence electrons. The van der Waals surface area contributed by atoms with E-state index in [2.05, 4.69) is 25.5 Å². The summed E-state index contributed by atoms with van der Waals surface area (Å²) in [6.45, 7) is 6.53. The lowest BCUT2D eigenvalue weighted by Crippen LogP contribution is -2.27. The minimum atomic E-state index is -0.272. The highest BCUT2D eigenvalue weighted by atomic mass is 16.2. The van der Waals surface area contributed by atoms with Crippen molar-refractivity contribution >= 4 is 5.91 Å². The smallest absolute Gasteiger partial charge is 0.290 e. The van der Waals surface area contributed by atoms with Gasteiger partial charge in [0.1, 0.15) is 11.6 Å². The molecule has 0 atom stereocenters. The Bertz CT molecular complexity index is 592. The van der Waals surface area contributed by atoms with E-state index in [0.29, 0.717) is 18.8 Å². The molecule has 0 saturated heterocycles. The summed E-state index contributed by atoms with van der Waals surface area (Å²) in [5, 5.41) is 9.54. The van der Waals surface area contributed by atoms with Crippen molar-refractivity contribution in [2.45, 2.75) is 32.6 Å². The van der Waals surface area contributed by atoms with E-state index in [1.54, 1.807) is 6.20 Å². The minimum absolute atomic E-state index is 0.154. The first kappa shape index (κ1) is 14.2. The van der Waals surface area contributed by atoms with Crippen LogP contribution in [0.2, 0.25) is 0 Å². The summed E-state index contributed by atoms with van der Waals surface area (Å²) in [5.41, 5.74) is -0.154. The summed E-state index contributed by atoms with van der Waals surface area (Å²) in [5.74, 6) is 1.53. The van der Waals surface area contributed by atoms with Crippen LogP contribution in [0.25, 0.3) is 0 Å². The number of rotatable bonds is 4. The van der Waals surface area contributed by atoms with Gasteiger partial charge in [-0.15, -0.1) is 5.10 Å². The first-order valence-corrected chi connectivity index (χ1v) is 6.55. The van der Waals surface area contributed by atoms with Crippen molar-refractivity contribution in [3.05, 3.63) is 29.9 Å². The molecule has 0 aliphatic rings.